The van der Waals surface area contributed by atoms with Gasteiger partial charge in [0, 0.05) is 6.07 Å². The van der Waals surface area contributed by atoms with Gasteiger partial charge < -0.3 is 10.1 Å². The number of nitrogens with zero attached hydrogens (tertiary/aromatic N) is 1. The van der Waals surface area contributed by atoms with Crippen LogP contribution in [0.5, 0.6) is 0 Å². The molecule has 1 aromatic carbocycles. The summed E-state index contributed by atoms with van der Waals surface area (Å²) in [6, 6.07) is 6.19. The fraction of sp³-hybridized carbons (Fsp3) is 0.100. The van der Waals surface area contributed by atoms with Crippen LogP contribution in [0.1, 0.15) is 5.56 Å². The van der Waals surface area contributed by atoms with E-state index in [2.05, 4.69) is 10.1 Å². The number of ether oxygens (including phenoxy) is 1. The van der Waals surface area contributed by atoms with Crippen molar-refractivity contribution in [1.29, 1.82) is 0 Å². The van der Waals surface area contributed by atoms with E-state index in [0.717, 1.165) is 0 Å². The summed E-state index contributed by atoms with van der Waals surface area (Å²) in [4.78, 5) is 21.4. The zero-order valence-electron chi connectivity index (χ0n) is 8.17. The van der Waals surface area contributed by atoms with E-state index in [9.17, 15) is 14.9 Å². The molecule has 1 aliphatic rings. The molecule has 0 aromatic heterocycles. The first-order valence-corrected chi connectivity index (χ1v) is 4.54. The highest BCUT2D eigenvalue weighted by atomic mass is 16.6. The summed E-state index contributed by atoms with van der Waals surface area (Å²) in [7, 11) is 0. The second kappa shape index (κ2) is 4.01. The van der Waals surface area contributed by atoms with Crippen LogP contribution < -0.4 is 5.32 Å². The first-order valence-electron chi connectivity index (χ1n) is 4.54. The Balaban J connectivity index is 2.41. The maximum atomic E-state index is 11.1. The summed E-state index contributed by atoms with van der Waals surface area (Å²) in [6.07, 6.45) is 1.41. The molecule has 0 amide bonds. The molecule has 6 heteroatoms. The molecule has 0 aliphatic carbocycles. The smallest absolute Gasteiger partial charge is 0.356 e. The number of esters is 1. The maximum Gasteiger partial charge on any atom is 0.356 e. The Kier molecular flexibility index (Phi) is 2.55. The summed E-state index contributed by atoms with van der Waals surface area (Å²) < 4.78 is 4.65. The lowest BCUT2D eigenvalue weighted by molar-refractivity contribution is -0.385. The van der Waals surface area contributed by atoms with Crippen LogP contribution in [-0.2, 0) is 9.53 Å². The highest BCUT2D eigenvalue weighted by molar-refractivity contribution is 5.95. The summed E-state index contributed by atoms with van der Waals surface area (Å²) in [6.45, 7) is 0.102. The second-order valence-corrected chi connectivity index (χ2v) is 3.13. The molecule has 0 atom stereocenters. The van der Waals surface area contributed by atoms with Crippen molar-refractivity contribution in [3.8, 4) is 0 Å². The van der Waals surface area contributed by atoms with Crippen molar-refractivity contribution < 1.29 is 14.5 Å². The van der Waals surface area contributed by atoms with Crippen molar-refractivity contribution in [2.24, 2.45) is 0 Å². The zero-order valence-corrected chi connectivity index (χ0v) is 8.17. The molecule has 1 fully saturated rings. The number of cyclic esters (lactones) is 1. The van der Waals surface area contributed by atoms with Gasteiger partial charge in [-0.1, -0.05) is 12.1 Å². The van der Waals surface area contributed by atoms with E-state index in [-0.39, 0.29) is 18.1 Å². The molecule has 0 unspecified atom stereocenters. The number of hydrogen-bond acceptors (Lipinski definition) is 5. The predicted molar refractivity (Wildman–Crippen MR) is 55.2 cm³/mol. The van der Waals surface area contributed by atoms with Gasteiger partial charge in [0.2, 0.25) is 0 Å². The van der Waals surface area contributed by atoms with E-state index in [4.69, 9.17) is 0 Å². The molecule has 1 N–H and O–H groups in total. The van der Waals surface area contributed by atoms with Crippen LogP contribution >= 0.6 is 0 Å². The van der Waals surface area contributed by atoms with Crippen molar-refractivity contribution in [2.45, 2.75) is 0 Å². The van der Waals surface area contributed by atoms with Crippen LogP contribution in [-0.4, -0.2) is 17.6 Å². The molecule has 16 heavy (non-hydrogen) atoms. The van der Waals surface area contributed by atoms with Crippen LogP contribution in [0.15, 0.2) is 30.0 Å². The lowest BCUT2D eigenvalue weighted by atomic mass is 10.1. The molecule has 0 bridgehead atoms. The standard InChI is InChI=1S/C10H8N2O4/c13-10-8(11-6-16-10)5-7-3-1-2-4-9(7)12(14)15/h1-5,11H,6H2/b8-5-. The Morgan fingerprint density at radius 2 is 2.19 bits per heavy atom. The van der Waals surface area contributed by atoms with E-state index in [1.165, 1.54) is 12.1 Å². The van der Waals surface area contributed by atoms with Crippen LogP contribution in [0.4, 0.5) is 5.69 Å². The Morgan fingerprint density at radius 1 is 1.44 bits per heavy atom. The summed E-state index contributed by atoms with van der Waals surface area (Å²) in [5, 5.41) is 13.4. The van der Waals surface area contributed by atoms with Crippen LogP contribution in [0.25, 0.3) is 6.08 Å². The molecule has 1 aliphatic heterocycles. The molecule has 1 heterocycles. The van der Waals surface area contributed by atoms with Gasteiger partial charge >= 0.3 is 5.97 Å². The molecule has 6 nitrogen and oxygen atoms in total. The number of benzene rings is 1. The molecule has 2 rings (SSSR count). The number of nitro groups is 1. The van der Waals surface area contributed by atoms with Gasteiger partial charge in [-0.2, -0.15) is 0 Å². The highest BCUT2D eigenvalue weighted by Gasteiger charge is 2.19. The fourth-order valence-electron chi connectivity index (χ4n) is 1.37. The van der Waals surface area contributed by atoms with Crippen molar-refractivity contribution in [1.82, 2.24) is 5.32 Å². The molecule has 1 saturated heterocycles. The number of nitro benzene ring substituents is 1. The minimum Gasteiger partial charge on any atom is -0.440 e. The molecule has 82 valence electrons. The van der Waals surface area contributed by atoms with Gasteiger partial charge in [0.1, 0.15) is 5.70 Å². The Morgan fingerprint density at radius 3 is 2.81 bits per heavy atom. The maximum absolute atomic E-state index is 11.1. The molecular formula is C10H8N2O4. The van der Waals surface area contributed by atoms with Gasteiger partial charge in [-0.05, 0) is 12.1 Å². The van der Waals surface area contributed by atoms with Crippen LogP contribution in [0, 0.1) is 10.1 Å². The van der Waals surface area contributed by atoms with E-state index in [1.54, 1.807) is 18.2 Å². The van der Waals surface area contributed by atoms with Gasteiger partial charge in [-0.25, -0.2) is 4.79 Å². The summed E-state index contributed by atoms with van der Waals surface area (Å²) >= 11 is 0. The molecule has 0 saturated carbocycles. The van der Waals surface area contributed by atoms with Crippen molar-refractivity contribution in [3.63, 3.8) is 0 Å². The van der Waals surface area contributed by atoms with Crippen molar-refractivity contribution in [2.75, 3.05) is 6.73 Å². The van der Waals surface area contributed by atoms with E-state index >= 15 is 0 Å². The summed E-state index contributed by atoms with van der Waals surface area (Å²) in [5.74, 6) is -0.502. The quantitative estimate of drug-likeness (QED) is 0.348. The fourth-order valence-corrected chi connectivity index (χ4v) is 1.37. The Labute approximate surface area is 90.7 Å². The van der Waals surface area contributed by atoms with E-state index < -0.39 is 10.9 Å². The number of rotatable bonds is 2. The number of carbonyl (C=O) groups excluding carboxylic acids is 1. The third-order valence-corrected chi connectivity index (χ3v) is 2.12. The van der Waals surface area contributed by atoms with Gasteiger partial charge in [-0.15, -0.1) is 0 Å². The average Bonchev–Trinajstić information content (AvgIpc) is 2.65. The van der Waals surface area contributed by atoms with Gasteiger partial charge in [0.05, 0.1) is 10.5 Å². The first-order chi connectivity index (χ1) is 7.68. The molecular weight excluding hydrogens is 212 g/mol. The average molecular weight is 220 g/mol. The zero-order chi connectivity index (χ0) is 11.5. The van der Waals surface area contributed by atoms with Gasteiger partial charge in [-0.3, -0.25) is 10.1 Å². The molecule has 0 spiro atoms. The SMILES string of the molecule is O=C1OCN/C1=C\c1ccccc1[N+](=O)[O-]. The van der Waals surface area contributed by atoms with E-state index in [0.29, 0.717) is 5.56 Å². The number of para-hydroxylation sites is 1. The number of nitrogens with one attached hydrogen (secondary N) is 1. The van der Waals surface area contributed by atoms with E-state index in [1.807, 2.05) is 0 Å². The normalized spacial score (nSPS) is 17.0. The molecule has 1 aromatic rings. The minimum atomic E-state index is -0.502. The third kappa shape index (κ3) is 1.85. The number of carbonyl (C=O) groups is 1. The lowest BCUT2D eigenvalue weighted by Gasteiger charge is -1.97. The largest absolute Gasteiger partial charge is 0.440 e. The van der Waals surface area contributed by atoms with Gasteiger partial charge in [0.25, 0.3) is 5.69 Å². The van der Waals surface area contributed by atoms with Gasteiger partial charge in [0.15, 0.2) is 6.73 Å². The second-order valence-electron chi connectivity index (χ2n) is 3.13. The Hall–Kier alpha value is -2.37. The summed E-state index contributed by atoms with van der Waals surface area (Å²) in [5.41, 5.74) is 0.555. The first kappa shape index (κ1) is 10.2. The minimum absolute atomic E-state index is 0.0449. The third-order valence-electron chi connectivity index (χ3n) is 2.12. The lowest BCUT2D eigenvalue weighted by Crippen LogP contribution is -2.06. The monoisotopic (exact) mass is 220 g/mol. The molecule has 0 radical (unpaired) electrons. The van der Waals surface area contributed by atoms with Crippen molar-refractivity contribution >= 4 is 17.7 Å². The number of hydrogen-bond donors (Lipinski definition) is 1. The van der Waals surface area contributed by atoms with Crippen LogP contribution in [0.3, 0.4) is 0 Å². The topological polar surface area (TPSA) is 81.5 Å². The highest BCUT2D eigenvalue weighted by Crippen LogP contribution is 2.21. The van der Waals surface area contributed by atoms with Crippen molar-refractivity contribution in [3.05, 3.63) is 45.6 Å². The predicted octanol–water partition coefficient (Wildman–Crippen LogP) is 1.04. The van der Waals surface area contributed by atoms with Crippen LogP contribution in [0.2, 0.25) is 0 Å². The Bertz CT molecular complexity index is 481.